The van der Waals surface area contributed by atoms with E-state index in [4.69, 9.17) is 44.3 Å². The number of carbonyl (C=O) groups is 1. The van der Waals surface area contributed by atoms with Crippen molar-refractivity contribution < 1.29 is 14.3 Å². The first kappa shape index (κ1) is 25.2. The minimum atomic E-state index is -0.145. The summed E-state index contributed by atoms with van der Waals surface area (Å²) < 4.78 is 11.6. The Bertz CT molecular complexity index is 859. The number of nitrogens with zero attached hydrogens (tertiary/aromatic N) is 1. The summed E-state index contributed by atoms with van der Waals surface area (Å²) in [6.07, 6.45) is 6.36. The molecule has 1 aliphatic rings. The molecule has 0 saturated carbocycles. The van der Waals surface area contributed by atoms with Crippen molar-refractivity contribution in [3.8, 4) is 5.75 Å². The van der Waals surface area contributed by atoms with Crippen LogP contribution in [0, 0.1) is 0 Å². The standard InChI is InChI=1S/C25H30Cl3NO3/c1-2-3-4-5-12-32-24-22(27)14-19(15-23(24)28)25(30)29(17-21-7-6-13-31-21)16-18-8-10-20(26)11-9-18/h8-11,14-15,21H,2-7,12-13,16-17H2,1H3. The Morgan fingerprint density at radius 3 is 2.44 bits per heavy atom. The molecular weight excluding hydrogens is 469 g/mol. The van der Waals surface area contributed by atoms with Crippen molar-refractivity contribution >= 4 is 40.7 Å². The zero-order chi connectivity index (χ0) is 22.9. The fourth-order valence-electron chi connectivity index (χ4n) is 3.77. The highest BCUT2D eigenvalue weighted by Crippen LogP contribution is 2.35. The van der Waals surface area contributed by atoms with Crippen molar-refractivity contribution in [3.63, 3.8) is 0 Å². The molecule has 0 aromatic heterocycles. The smallest absolute Gasteiger partial charge is 0.254 e. The average molecular weight is 499 g/mol. The minimum absolute atomic E-state index is 0.0305. The van der Waals surface area contributed by atoms with Gasteiger partial charge in [0, 0.05) is 30.3 Å². The SMILES string of the molecule is CCCCCCOc1c(Cl)cc(C(=O)N(Cc2ccc(Cl)cc2)CC2CCCO2)cc1Cl. The van der Waals surface area contributed by atoms with E-state index in [-0.39, 0.29) is 12.0 Å². The van der Waals surface area contributed by atoms with Crippen molar-refractivity contribution in [3.05, 3.63) is 62.6 Å². The number of ether oxygens (including phenoxy) is 2. The first-order chi connectivity index (χ1) is 15.5. The summed E-state index contributed by atoms with van der Waals surface area (Å²) in [5.74, 6) is 0.290. The second kappa shape index (κ2) is 12.7. The molecule has 0 radical (unpaired) electrons. The lowest BCUT2D eigenvalue weighted by molar-refractivity contribution is 0.0507. The molecule has 0 spiro atoms. The zero-order valence-corrected chi connectivity index (χ0v) is 20.7. The summed E-state index contributed by atoms with van der Waals surface area (Å²) in [4.78, 5) is 15.2. The van der Waals surface area contributed by atoms with Crippen LogP contribution in [0.2, 0.25) is 15.1 Å². The Kier molecular flexibility index (Phi) is 9.98. The van der Waals surface area contributed by atoms with Crippen molar-refractivity contribution in [1.82, 2.24) is 4.90 Å². The van der Waals surface area contributed by atoms with Crippen molar-refractivity contribution in [2.75, 3.05) is 19.8 Å². The second-order valence-corrected chi connectivity index (χ2v) is 9.38. The molecule has 1 unspecified atom stereocenters. The summed E-state index contributed by atoms with van der Waals surface area (Å²) in [5.41, 5.74) is 1.43. The van der Waals surface area contributed by atoms with E-state index in [1.807, 2.05) is 24.3 Å². The minimum Gasteiger partial charge on any atom is -0.490 e. The first-order valence-electron chi connectivity index (χ1n) is 11.2. The monoisotopic (exact) mass is 497 g/mol. The second-order valence-electron chi connectivity index (χ2n) is 8.13. The number of benzene rings is 2. The van der Waals surface area contributed by atoms with Gasteiger partial charge in [0.2, 0.25) is 0 Å². The third-order valence-electron chi connectivity index (χ3n) is 5.51. The number of carbonyl (C=O) groups excluding carboxylic acids is 1. The highest BCUT2D eigenvalue weighted by Gasteiger charge is 2.25. The summed E-state index contributed by atoms with van der Waals surface area (Å²) >= 11 is 18.9. The summed E-state index contributed by atoms with van der Waals surface area (Å²) in [7, 11) is 0. The highest BCUT2D eigenvalue weighted by molar-refractivity contribution is 6.37. The van der Waals surface area contributed by atoms with E-state index >= 15 is 0 Å². The van der Waals surface area contributed by atoms with Gasteiger partial charge in [-0.3, -0.25) is 4.79 Å². The number of hydrogen-bond acceptors (Lipinski definition) is 3. The van der Waals surface area contributed by atoms with Gasteiger partial charge in [0.05, 0.1) is 22.8 Å². The Hall–Kier alpha value is -1.46. The molecule has 1 fully saturated rings. The lowest BCUT2D eigenvalue weighted by Gasteiger charge is -2.26. The van der Waals surface area contributed by atoms with E-state index < -0.39 is 0 Å². The third-order valence-corrected chi connectivity index (χ3v) is 6.32. The molecule has 1 heterocycles. The first-order valence-corrected chi connectivity index (χ1v) is 12.4. The lowest BCUT2D eigenvalue weighted by atomic mass is 10.1. The number of halogens is 3. The Morgan fingerprint density at radius 1 is 1.09 bits per heavy atom. The molecule has 0 N–H and O–H groups in total. The van der Waals surface area contributed by atoms with Crippen LogP contribution < -0.4 is 4.74 Å². The van der Waals surface area contributed by atoms with Crippen molar-refractivity contribution in [1.29, 1.82) is 0 Å². The maximum Gasteiger partial charge on any atom is 0.254 e. The predicted octanol–water partition coefficient (Wildman–Crippen LogP) is 7.43. The van der Waals surface area contributed by atoms with Gasteiger partial charge < -0.3 is 14.4 Å². The van der Waals surface area contributed by atoms with E-state index in [2.05, 4.69) is 6.92 Å². The molecular formula is C25H30Cl3NO3. The molecule has 2 aromatic carbocycles. The van der Waals surface area contributed by atoms with E-state index in [0.717, 1.165) is 44.3 Å². The van der Waals surface area contributed by atoms with Gasteiger partial charge in [0.1, 0.15) is 0 Å². The molecule has 174 valence electrons. The zero-order valence-electron chi connectivity index (χ0n) is 18.4. The number of amides is 1. The molecule has 3 rings (SSSR count). The van der Waals surface area contributed by atoms with Crippen LogP contribution in [0.3, 0.4) is 0 Å². The van der Waals surface area contributed by atoms with Crippen LogP contribution in [0.4, 0.5) is 0 Å². The lowest BCUT2D eigenvalue weighted by Crippen LogP contribution is -2.37. The van der Waals surface area contributed by atoms with Gasteiger partial charge in [0.15, 0.2) is 5.75 Å². The van der Waals surface area contributed by atoms with Gasteiger partial charge >= 0.3 is 0 Å². The summed E-state index contributed by atoms with van der Waals surface area (Å²) in [6.45, 7) is 4.40. The molecule has 1 amide bonds. The number of hydrogen-bond donors (Lipinski definition) is 0. The summed E-state index contributed by atoms with van der Waals surface area (Å²) in [6, 6.07) is 10.8. The Balaban J connectivity index is 1.74. The number of unbranched alkanes of at least 4 members (excludes halogenated alkanes) is 3. The van der Waals surface area contributed by atoms with Crippen LogP contribution in [0.15, 0.2) is 36.4 Å². The molecule has 32 heavy (non-hydrogen) atoms. The van der Waals surface area contributed by atoms with E-state index in [1.54, 1.807) is 17.0 Å². The van der Waals surface area contributed by atoms with E-state index in [1.165, 1.54) is 6.42 Å². The maximum absolute atomic E-state index is 13.4. The Morgan fingerprint density at radius 2 is 1.81 bits per heavy atom. The van der Waals surface area contributed by atoms with Crippen LogP contribution >= 0.6 is 34.8 Å². The van der Waals surface area contributed by atoms with E-state index in [0.29, 0.717) is 46.1 Å². The third kappa shape index (κ3) is 7.28. The van der Waals surface area contributed by atoms with Crippen molar-refractivity contribution in [2.45, 2.75) is 58.1 Å². The van der Waals surface area contributed by atoms with Crippen LogP contribution in [-0.4, -0.2) is 36.7 Å². The molecule has 4 nitrogen and oxygen atoms in total. The number of rotatable bonds is 11. The molecule has 1 saturated heterocycles. The topological polar surface area (TPSA) is 38.8 Å². The van der Waals surface area contributed by atoms with Gasteiger partial charge in [-0.2, -0.15) is 0 Å². The molecule has 1 atom stereocenters. The Labute approximate surface area is 205 Å². The van der Waals surface area contributed by atoms with Crippen LogP contribution in [0.1, 0.15) is 61.4 Å². The predicted molar refractivity (Wildman–Crippen MR) is 131 cm³/mol. The van der Waals surface area contributed by atoms with Crippen LogP contribution in [-0.2, 0) is 11.3 Å². The summed E-state index contributed by atoms with van der Waals surface area (Å²) in [5, 5.41) is 1.36. The van der Waals surface area contributed by atoms with Crippen LogP contribution in [0.5, 0.6) is 5.75 Å². The quantitative estimate of drug-likeness (QED) is 0.302. The highest BCUT2D eigenvalue weighted by atomic mass is 35.5. The largest absolute Gasteiger partial charge is 0.490 e. The van der Waals surface area contributed by atoms with Gasteiger partial charge in [-0.05, 0) is 49.1 Å². The fourth-order valence-corrected chi connectivity index (χ4v) is 4.49. The van der Waals surface area contributed by atoms with Gasteiger partial charge in [-0.25, -0.2) is 0 Å². The van der Waals surface area contributed by atoms with Gasteiger partial charge in [-0.1, -0.05) is 73.1 Å². The van der Waals surface area contributed by atoms with E-state index in [9.17, 15) is 4.79 Å². The van der Waals surface area contributed by atoms with Gasteiger partial charge in [0.25, 0.3) is 5.91 Å². The molecule has 0 bridgehead atoms. The molecule has 7 heteroatoms. The molecule has 2 aromatic rings. The molecule has 1 aliphatic heterocycles. The van der Waals surface area contributed by atoms with Crippen molar-refractivity contribution in [2.24, 2.45) is 0 Å². The fraction of sp³-hybridized carbons (Fsp3) is 0.480. The normalized spacial score (nSPS) is 15.7. The molecule has 0 aliphatic carbocycles. The van der Waals surface area contributed by atoms with Crippen LogP contribution in [0.25, 0.3) is 0 Å². The average Bonchev–Trinajstić information content (AvgIpc) is 3.29. The maximum atomic E-state index is 13.4. The van der Waals surface area contributed by atoms with Gasteiger partial charge in [-0.15, -0.1) is 0 Å².